The van der Waals surface area contributed by atoms with E-state index in [1.807, 2.05) is 31.2 Å². The van der Waals surface area contributed by atoms with Crippen LogP contribution in [0.15, 0.2) is 68.6 Å². The van der Waals surface area contributed by atoms with Crippen LogP contribution < -0.4 is 14.9 Å². The number of nitrogens with zero attached hydrogens (tertiary/aromatic N) is 1. The molecule has 0 saturated heterocycles. The van der Waals surface area contributed by atoms with Gasteiger partial charge in [-0.1, -0.05) is 22.0 Å². The lowest BCUT2D eigenvalue weighted by molar-refractivity contribution is -0.123. The number of furan rings is 1. The third kappa shape index (κ3) is 5.23. The van der Waals surface area contributed by atoms with E-state index in [9.17, 15) is 4.79 Å². The van der Waals surface area contributed by atoms with Crippen LogP contribution in [0.25, 0.3) is 11.3 Å². The van der Waals surface area contributed by atoms with Gasteiger partial charge in [-0.3, -0.25) is 4.79 Å². The van der Waals surface area contributed by atoms with E-state index in [1.165, 1.54) is 6.21 Å². The molecule has 144 valence electrons. The van der Waals surface area contributed by atoms with E-state index in [0.29, 0.717) is 17.3 Å². The molecule has 0 saturated carbocycles. The Morgan fingerprint density at radius 2 is 1.89 bits per heavy atom. The number of carbonyl (C=O) groups is 1. The average Bonchev–Trinajstić information content (AvgIpc) is 3.15. The Morgan fingerprint density at radius 1 is 1.14 bits per heavy atom. The van der Waals surface area contributed by atoms with Crippen molar-refractivity contribution in [3.05, 3.63) is 70.4 Å². The van der Waals surface area contributed by atoms with E-state index in [2.05, 4.69) is 26.5 Å². The Bertz CT molecular complexity index is 980. The maximum atomic E-state index is 11.8. The standard InChI is InChI=1S/C21H19BrN2O4/c1-14-3-9-18(19(22)11-14)20-10-8-17(28-20)12-23-24-21(25)13-27-16-6-4-15(26-2)5-7-16/h3-12H,13H2,1-2H3,(H,24,25)/b23-12+. The number of hydrogen-bond donors (Lipinski definition) is 1. The second-order valence-electron chi connectivity index (χ2n) is 5.94. The fraction of sp³-hybridized carbons (Fsp3) is 0.143. The third-order valence-corrected chi connectivity index (χ3v) is 4.48. The molecule has 3 rings (SSSR count). The molecule has 1 N–H and O–H groups in total. The highest BCUT2D eigenvalue weighted by Gasteiger charge is 2.08. The molecule has 6 nitrogen and oxygen atoms in total. The number of hydrazone groups is 1. The van der Waals surface area contributed by atoms with E-state index in [0.717, 1.165) is 21.3 Å². The van der Waals surface area contributed by atoms with Crippen LogP contribution in [-0.2, 0) is 4.79 Å². The lowest BCUT2D eigenvalue weighted by Crippen LogP contribution is -2.24. The molecule has 0 aliphatic rings. The molecule has 1 amide bonds. The zero-order valence-corrected chi connectivity index (χ0v) is 17.0. The van der Waals surface area contributed by atoms with Crippen molar-refractivity contribution in [1.29, 1.82) is 0 Å². The van der Waals surface area contributed by atoms with Crippen LogP contribution in [-0.4, -0.2) is 25.8 Å². The quantitative estimate of drug-likeness (QED) is 0.430. The highest BCUT2D eigenvalue weighted by Crippen LogP contribution is 2.30. The zero-order chi connectivity index (χ0) is 19.9. The van der Waals surface area contributed by atoms with E-state index < -0.39 is 0 Å². The number of benzene rings is 2. The first-order chi connectivity index (χ1) is 13.5. The molecule has 3 aromatic rings. The van der Waals surface area contributed by atoms with Gasteiger partial charge in [0, 0.05) is 10.0 Å². The van der Waals surface area contributed by atoms with Crippen molar-refractivity contribution in [2.75, 3.05) is 13.7 Å². The van der Waals surface area contributed by atoms with Crippen LogP contribution in [0.3, 0.4) is 0 Å². The number of aryl methyl sites for hydroxylation is 1. The van der Waals surface area contributed by atoms with Crippen LogP contribution in [0, 0.1) is 6.92 Å². The molecule has 0 fully saturated rings. The molecule has 0 aliphatic heterocycles. The predicted molar refractivity (Wildman–Crippen MR) is 111 cm³/mol. The van der Waals surface area contributed by atoms with Crippen LogP contribution in [0.2, 0.25) is 0 Å². The fourth-order valence-corrected chi connectivity index (χ4v) is 3.10. The SMILES string of the molecule is COc1ccc(OCC(=O)N/N=C/c2ccc(-c3ccc(C)cc3Br)o2)cc1. The number of amides is 1. The number of hydrogen-bond acceptors (Lipinski definition) is 5. The van der Waals surface area contributed by atoms with Crippen LogP contribution in [0.5, 0.6) is 11.5 Å². The summed E-state index contributed by atoms with van der Waals surface area (Å²) >= 11 is 3.54. The number of nitrogens with one attached hydrogen (secondary N) is 1. The first-order valence-corrected chi connectivity index (χ1v) is 9.29. The zero-order valence-electron chi connectivity index (χ0n) is 15.4. The molecule has 0 radical (unpaired) electrons. The van der Waals surface area contributed by atoms with Crippen molar-refractivity contribution in [3.63, 3.8) is 0 Å². The van der Waals surface area contributed by atoms with Crippen LogP contribution in [0.4, 0.5) is 0 Å². The highest BCUT2D eigenvalue weighted by molar-refractivity contribution is 9.10. The number of ether oxygens (including phenoxy) is 2. The monoisotopic (exact) mass is 442 g/mol. The summed E-state index contributed by atoms with van der Waals surface area (Å²) in [5.41, 5.74) is 4.51. The molecule has 1 heterocycles. The lowest BCUT2D eigenvalue weighted by Gasteiger charge is -2.05. The summed E-state index contributed by atoms with van der Waals surface area (Å²) in [4.78, 5) is 11.8. The molecule has 7 heteroatoms. The Labute approximate surface area is 171 Å². The summed E-state index contributed by atoms with van der Waals surface area (Å²) in [6.07, 6.45) is 1.44. The van der Waals surface area contributed by atoms with Gasteiger partial charge in [0.25, 0.3) is 5.91 Å². The molecule has 1 aromatic heterocycles. The van der Waals surface area contributed by atoms with Crippen molar-refractivity contribution >= 4 is 28.1 Å². The molecule has 0 spiro atoms. The van der Waals surface area contributed by atoms with Crippen molar-refractivity contribution in [3.8, 4) is 22.8 Å². The second kappa shape index (κ2) is 9.23. The van der Waals surface area contributed by atoms with Crippen LogP contribution >= 0.6 is 15.9 Å². The van der Waals surface area contributed by atoms with Gasteiger partial charge in [-0.25, -0.2) is 5.43 Å². The van der Waals surface area contributed by atoms with Gasteiger partial charge in [0.1, 0.15) is 23.0 Å². The Hall–Kier alpha value is -3.06. The molecule has 0 atom stereocenters. The van der Waals surface area contributed by atoms with E-state index in [4.69, 9.17) is 13.9 Å². The summed E-state index contributed by atoms with van der Waals surface area (Å²) in [5.74, 6) is 2.15. The van der Waals surface area contributed by atoms with Crippen LogP contribution in [0.1, 0.15) is 11.3 Å². The molecule has 0 aliphatic carbocycles. The van der Waals surface area contributed by atoms with Crippen molar-refractivity contribution in [2.45, 2.75) is 6.92 Å². The van der Waals surface area contributed by atoms with Gasteiger partial charge in [0.15, 0.2) is 6.61 Å². The van der Waals surface area contributed by atoms with Gasteiger partial charge >= 0.3 is 0 Å². The van der Waals surface area contributed by atoms with Gasteiger partial charge in [-0.2, -0.15) is 5.10 Å². The van der Waals surface area contributed by atoms with E-state index in [1.54, 1.807) is 37.4 Å². The predicted octanol–water partition coefficient (Wildman–Crippen LogP) is 4.56. The minimum atomic E-state index is -0.375. The van der Waals surface area contributed by atoms with Gasteiger partial charge in [0.05, 0.1) is 13.3 Å². The molecule has 0 bridgehead atoms. The maximum Gasteiger partial charge on any atom is 0.277 e. The number of methoxy groups -OCH3 is 1. The summed E-state index contributed by atoms with van der Waals surface area (Å²) in [6.45, 7) is 1.87. The van der Waals surface area contributed by atoms with Crippen molar-refractivity contribution in [1.82, 2.24) is 5.43 Å². The van der Waals surface area contributed by atoms with Crippen molar-refractivity contribution in [2.24, 2.45) is 5.10 Å². The van der Waals surface area contributed by atoms with Gasteiger partial charge in [-0.05, 0) is 61.0 Å². The number of rotatable bonds is 7. The molecule has 0 unspecified atom stereocenters. The summed E-state index contributed by atoms with van der Waals surface area (Å²) in [7, 11) is 1.59. The first kappa shape index (κ1) is 19.7. The Balaban J connectivity index is 1.51. The maximum absolute atomic E-state index is 11.8. The van der Waals surface area contributed by atoms with E-state index >= 15 is 0 Å². The first-order valence-electron chi connectivity index (χ1n) is 8.50. The third-order valence-electron chi connectivity index (χ3n) is 3.83. The smallest absolute Gasteiger partial charge is 0.277 e. The Kier molecular flexibility index (Phi) is 6.49. The fourth-order valence-electron chi connectivity index (χ4n) is 2.41. The minimum absolute atomic E-state index is 0.149. The minimum Gasteiger partial charge on any atom is -0.497 e. The molecule has 28 heavy (non-hydrogen) atoms. The summed E-state index contributed by atoms with van der Waals surface area (Å²) in [5, 5.41) is 3.89. The van der Waals surface area contributed by atoms with Gasteiger partial charge < -0.3 is 13.9 Å². The number of halogens is 1. The largest absolute Gasteiger partial charge is 0.497 e. The van der Waals surface area contributed by atoms with Gasteiger partial charge in [-0.15, -0.1) is 0 Å². The second-order valence-corrected chi connectivity index (χ2v) is 6.80. The number of carbonyl (C=O) groups excluding carboxylic acids is 1. The lowest BCUT2D eigenvalue weighted by atomic mass is 10.1. The van der Waals surface area contributed by atoms with Gasteiger partial charge in [0.2, 0.25) is 0 Å². The molecular weight excluding hydrogens is 424 g/mol. The highest BCUT2D eigenvalue weighted by atomic mass is 79.9. The van der Waals surface area contributed by atoms with E-state index in [-0.39, 0.29) is 12.5 Å². The Morgan fingerprint density at radius 3 is 2.61 bits per heavy atom. The topological polar surface area (TPSA) is 73.1 Å². The average molecular weight is 443 g/mol. The molecular formula is C21H19BrN2O4. The summed E-state index contributed by atoms with van der Waals surface area (Å²) < 4.78 is 17.2. The molecule has 2 aromatic carbocycles. The normalized spacial score (nSPS) is 10.8. The van der Waals surface area contributed by atoms with Crippen molar-refractivity contribution < 1.29 is 18.7 Å². The summed E-state index contributed by atoms with van der Waals surface area (Å²) in [6, 6.07) is 16.6.